The molecule has 1 unspecified atom stereocenters. The molecule has 1 aromatic carbocycles. The fourth-order valence-corrected chi connectivity index (χ4v) is 1.05. The Hall–Kier alpha value is -1.71. The van der Waals surface area contributed by atoms with Gasteiger partial charge in [-0.2, -0.15) is 0 Å². The number of hydrogen-bond acceptors (Lipinski definition) is 3. The molecule has 0 spiro atoms. The van der Waals surface area contributed by atoms with Crippen molar-refractivity contribution < 1.29 is 30.8 Å². The van der Waals surface area contributed by atoms with Crippen molar-refractivity contribution in [3.05, 3.63) is 29.3 Å². The highest BCUT2D eigenvalue weighted by molar-refractivity contribution is 5.69. The number of benzene rings is 1. The molecule has 0 aromatic heterocycles. The molecule has 16 heavy (non-hydrogen) atoms. The molecule has 1 atom stereocenters. The maximum Gasteiger partial charge on any atom is 0.407 e. The highest BCUT2D eigenvalue weighted by Crippen LogP contribution is 2.16. The van der Waals surface area contributed by atoms with E-state index in [1.54, 1.807) is 0 Å². The second-order valence-corrected chi connectivity index (χ2v) is 2.88. The van der Waals surface area contributed by atoms with E-state index in [9.17, 15) is 4.79 Å². The van der Waals surface area contributed by atoms with E-state index in [-0.39, 0.29) is 5.31 Å². The molecule has 4 heteroatoms. The Morgan fingerprint density at radius 3 is 3.00 bits per heavy atom. The first-order valence-corrected chi connectivity index (χ1v) is 4.28. The van der Waals surface area contributed by atoms with Crippen molar-refractivity contribution in [3.8, 4) is 5.75 Å². The average Bonchev–Trinajstić information content (AvgIpc) is 2.67. The summed E-state index contributed by atoms with van der Waals surface area (Å²) >= 11 is 0. The van der Waals surface area contributed by atoms with E-state index in [1.165, 1.54) is 0 Å². The molecule has 2 rings (SSSR count). The highest BCUT2D eigenvalue weighted by Gasteiger charge is 2.22. The third kappa shape index (κ3) is 2.66. The average molecular weight is 233 g/mol. The van der Waals surface area contributed by atoms with Crippen molar-refractivity contribution in [2.75, 3.05) is 13.1 Å². The molecule has 0 aliphatic carbocycles. The largest absolute Gasteiger partial charge is 0.490 e. The molecule has 0 bridgehead atoms. The maximum atomic E-state index is 11.3. The van der Waals surface area contributed by atoms with Gasteiger partial charge in [-0.1, -0.05) is 6.04 Å². The first-order valence-electron chi connectivity index (χ1n) is 10.2. The zero-order valence-electron chi connectivity index (χ0n) is 20.0. The second kappa shape index (κ2) is 4.43. The molecular formula is C12H15NO3. The van der Waals surface area contributed by atoms with Crippen LogP contribution in [0.15, 0.2) is 18.1 Å². The summed E-state index contributed by atoms with van der Waals surface area (Å²) in [6.07, 6.45) is -2.96. The lowest BCUT2D eigenvalue weighted by molar-refractivity contribution is 0.105. The quantitative estimate of drug-likeness (QED) is 0.866. The summed E-state index contributed by atoms with van der Waals surface area (Å²) in [5, 5.41) is -0.0706. The Kier molecular flexibility index (Phi) is 0.938. The lowest BCUT2D eigenvalue weighted by Crippen LogP contribution is -2.21. The fraction of sp³-hybridized carbons (Fsp3) is 0.417. The van der Waals surface area contributed by atoms with E-state index in [1.807, 2.05) is 0 Å². The van der Waals surface area contributed by atoms with E-state index >= 15 is 0 Å². The van der Waals surface area contributed by atoms with Crippen LogP contribution in [0, 0.1) is 13.7 Å². The van der Waals surface area contributed by atoms with Gasteiger partial charge in [-0.05, 0) is 36.9 Å². The molecule has 1 amide bonds. The van der Waals surface area contributed by atoms with Crippen LogP contribution in [0.25, 0.3) is 0 Å². The van der Waals surface area contributed by atoms with Gasteiger partial charge >= 0.3 is 6.09 Å². The zero-order chi connectivity index (χ0) is 21.8. The number of alkyl carbamates (subject to hydrolysis) is 1. The van der Waals surface area contributed by atoms with Gasteiger partial charge in [-0.15, -0.1) is 0 Å². The lowest BCUT2D eigenvalue weighted by Gasteiger charge is -2.11. The van der Waals surface area contributed by atoms with Crippen molar-refractivity contribution in [1.29, 1.82) is 0 Å². The van der Waals surface area contributed by atoms with Gasteiger partial charge in [0.2, 0.25) is 0 Å². The van der Waals surface area contributed by atoms with E-state index in [0.717, 1.165) is 0 Å². The van der Waals surface area contributed by atoms with Crippen LogP contribution in [-0.2, 0) is 4.74 Å². The molecular weight excluding hydrogens is 206 g/mol. The number of nitrogens with one attached hydrogen (secondary N) is 1. The van der Waals surface area contributed by atoms with Crippen LogP contribution >= 0.6 is 0 Å². The van der Waals surface area contributed by atoms with Crippen molar-refractivity contribution in [2.24, 2.45) is 0 Å². The lowest BCUT2D eigenvalue weighted by atomic mass is 10.1. The molecule has 1 N–H and O–H groups in total. The topological polar surface area (TPSA) is 47.6 Å². The Balaban J connectivity index is 2.54. The molecule has 0 radical (unpaired) electrons. The number of rotatable bonds is 3. The number of amides is 1. The number of cyclic esters (lactones) is 1. The summed E-state index contributed by atoms with van der Waals surface area (Å²) in [6, 6.07) is -2.84. The molecule has 0 saturated carbocycles. The van der Waals surface area contributed by atoms with Crippen LogP contribution in [0.4, 0.5) is 4.79 Å². The fourth-order valence-electron chi connectivity index (χ4n) is 1.05. The van der Waals surface area contributed by atoms with E-state index in [4.69, 9.17) is 21.2 Å². The summed E-state index contributed by atoms with van der Waals surface area (Å²) in [6.45, 7) is -9.53. The van der Waals surface area contributed by atoms with Gasteiger partial charge in [0.1, 0.15) is 12.4 Å². The van der Waals surface area contributed by atoms with Gasteiger partial charge in [0.15, 0.2) is 7.52 Å². The second-order valence-electron chi connectivity index (χ2n) is 2.88. The van der Waals surface area contributed by atoms with Crippen LogP contribution in [0.1, 0.15) is 26.2 Å². The molecule has 1 saturated heterocycles. The summed E-state index contributed by atoms with van der Waals surface area (Å²) in [5.41, 5.74) is -1.86. The zero-order valence-corrected chi connectivity index (χ0v) is 7.96. The monoisotopic (exact) mass is 233 g/mol. The Labute approximate surface area is 111 Å². The van der Waals surface area contributed by atoms with Crippen LogP contribution in [0.5, 0.6) is 5.75 Å². The Bertz CT molecular complexity index is 762. The van der Waals surface area contributed by atoms with E-state index < -0.39 is 74.0 Å². The Morgan fingerprint density at radius 1 is 1.69 bits per heavy atom. The first-order chi connectivity index (χ1) is 12.5. The van der Waals surface area contributed by atoms with Crippen molar-refractivity contribution in [1.82, 2.24) is 5.31 Å². The minimum Gasteiger partial charge on any atom is -0.490 e. The third-order valence-corrected chi connectivity index (χ3v) is 1.65. The van der Waals surface area contributed by atoms with Crippen molar-refractivity contribution >= 4 is 6.09 Å². The van der Waals surface area contributed by atoms with Crippen LogP contribution in [0.3, 0.4) is 0 Å². The van der Waals surface area contributed by atoms with Gasteiger partial charge in [0.25, 0.3) is 0 Å². The van der Waals surface area contributed by atoms with E-state index in [0.29, 0.717) is 0 Å². The number of ether oxygens (including phenoxy) is 2. The summed E-state index contributed by atoms with van der Waals surface area (Å²) in [7, 11) is 0. The molecule has 1 heterocycles. The molecule has 1 aromatic rings. The van der Waals surface area contributed by atoms with Crippen LogP contribution < -0.4 is 10.0 Å². The van der Waals surface area contributed by atoms with Crippen LogP contribution in [-0.4, -0.2) is 25.3 Å². The minimum absolute atomic E-state index is 0.0706. The first kappa shape index (κ1) is 3.39. The summed E-state index contributed by atoms with van der Waals surface area (Å²) < 4.78 is 101. The summed E-state index contributed by atoms with van der Waals surface area (Å²) in [5.74, 6) is -0.802. The SMILES string of the molecule is [2H]c1c(OCC2OC(=O)N([2H])C2([2H])[2H])c([2H])c(C([2H])([2H])[2H])c([2H])c1C([2H])([2H])[2H]. The number of carbonyl (C=O) groups is 1. The third-order valence-electron chi connectivity index (χ3n) is 1.65. The Morgan fingerprint density at radius 2 is 2.44 bits per heavy atom. The van der Waals surface area contributed by atoms with Gasteiger partial charge in [0.05, 0.1) is 13.4 Å². The number of carbonyl (C=O) groups excluding carboxylic acids is 1. The smallest absolute Gasteiger partial charge is 0.407 e. The van der Waals surface area contributed by atoms with Crippen molar-refractivity contribution in [2.45, 2.75) is 19.8 Å². The minimum atomic E-state index is -3.05. The molecule has 1 fully saturated rings. The molecule has 1 aliphatic rings. The van der Waals surface area contributed by atoms with Gasteiger partial charge < -0.3 is 14.8 Å². The van der Waals surface area contributed by atoms with Gasteiger partial charge in [0, 0.05) is 8.22 Å². The summed E-state index contributed by atoms with van der Waals surface area (Å²) in [4.78, 5) is 11.3. The number of hydrogen-bond donors (Lipinski definition) is 1. The van der Waals surface area contributed by atoms with Crippen molar-refractivity contribution in [3.63, 3.8) is 0 Å². The standard InChI is InChI=1S/C12H15NO3/c1-8-3-9(2)5-10(4-8)15-7-11-6-13-12(14)16-11/h3-5,11H,6-7H2,1-2H3,(H,13,14)/i1D3,2D3,3D,4D,5D,6D2/hD. The van der Waals surface area contributed by atoms with E-state index in [2.05, 4.69) is 4.74 Å². The molecule has 4 nitrogen and oxygen atoms in total. The predicted octanol–water partition coefficient (Wildman–Crippen LogP) is 1.79. The maximum absolute atomic E-state index is 11.3. The normalized spacial score (nSPS) is 35.4. The van der Waals surface area contributed by atoms with Gasteiger partial charge in [-0.25, -0.2) is 4.79 Å². The highest BCUT2D eigenvalue weighted by atomic mass is 16.6. The molecule has 86 valence electrons. The predicted molar refractivity (Wildman–Crippen MR) is 59.7 cm³/mol. The molecule has 1 aliphatic heterocycles. The van der Waals surface area contributed by atoms with Crippen LogP contribution in [0.2, 0.25) is 1.41 Å². The van der Waals surface area contributed by atoms with Gasteiger partial charge in [-0.3, -0.25) is 0 Å².